The Kier molecular flexibility index (Phi) is 35.4. The van der Waals surface area contributed by atoms with Gasteiger partial charge >= 0.3 is 17.9 Å². The fourth-order valence-electron chi connectivity index (χ4n) is 13.1. The number of aromatic nitrogens is 3. The number of halogens is 6. The first-order chi connectivity index (χ1) is 55.1. The fourth-order valence-corrected chi connectivity index (χ4v) is 14.8. The lowest BCUT2D eigenvalue weighted by Gasteiger charge is -2.18. The number of anilines is 3. The number of carbonyl (C=O) groups is 6. The zero-order valence-electron chi connectivity index (χ0n) is 63.2. The van der Waals surface area contributed by atoms with Gasteiger partial charge in [-0.3, -0.25) is 14.4 Å². The van der Waals surface area contributed by atoms with Crippen molar-refractivity contribution in [3.8, 4) is 17.2 Å². The normalized spacial score (nSPS) is 14.0. The molecule has 9 aromatic rings. The zero-order chi connectivity index (χ0) is 81.3. The maximum Gasteiger partial charge on any atom is 0.328 e. The predicted octanol–water partition coefficient (Wildman–Crippen LogP) is 16.9. The van der Waals surface area contributed by atoms with E-state index in [-0.39, 0.29) is 78.4 Å². The van der Waals surface area contributed by atoms with Crippen molar-refractivity contribution >= 4 is 123 Å². The highest BCUT2D eigenvalue weighted by molar-refractivity contribution is 6.41. The van der Waals surface area contributed by atoms with E-state index in [0.717, 1.165) is 51.2 Å². The van der Waals surface area contributed by atoms with Crippen molar-refractivity contribution in [3.05, 3.63) is 263 Å². The second kappa shape index (κ2) is 45.8. The molecule has 3 atom stereocenters. The Morgan fingerprint density at radius 2 is 0.675 bits per heavy atom. The molecule has 22 nitrogen and oxygen atoms in total. The lowest BCUT2D eigenvalue weighted by atomic mass is 10.0. The molecular weight excluding hydrogens is 1580 g/mol. The number of nitrogens with one attached hydrogen (secondary N) is 6. The van der Waals surface area contributed by atoms with Crippen LogP contribution in [0.5, 0.6) is 17.2 Å². The maximum atomic E-state index is 12.8. The van der Waals surface area contributed by atoms with Crippen molar-refractivity contribution in [2.45, 2.75) is 152 Å². The van der Waals surface area contributed by atoms with E-state index in [4.69, 9.17) is 98.6 Å². The molecule has 0 unspecified atom stereocenters. The number of carboxylic acids is 1. The number of ether oxygens (including phenoxy) is 4. The van der Waals surface area contributed by atoms with E-state index in [1.807, 2.05) is 78.9 Å². The molecule has 3 saturated carbocycles. The second-order valence-electron chi connectivity index (χ2n) is 27.4. The number of carbonyl (C=O) groups excluding carboxylic acids is 5. The Morgan fingerprint density at radius 3 is 0.974 bits per heavy atom. The largest absolute Gasteiger partial charge is 0.508 e. The molecule has 3 aliphatic carbocycles. The molecule has 0 spiro atoms. The van der Waals surface area contributed by atoms with Gasteiger partial charge in [-0.2, -0.15) is 0 Å². The lowest BCUT2D eigenvalue weighted by Crippen LogP contribution is -2.43. The number of nitrogens with zero attached hydrogens (tertiary/aromatic N) is 3. The highest BCUT2D eigenvalue weighted by Gasteiger charge is 2.29. The van der Waals surface area contributed by atoms with Crippen LogP contribution in [0, 0.1) is 0 Å². The van der Waals surface area contributed by atoms with Crippen LogP contribution >= 0.6 is 69.6 Å². The number of aliphatic hydroxyl groups excluding tert-OH is 1. The number of hydrogen-bond donors (Lipinski definition) is 9. The van der Waals surface area contributed by atoms with Crippen LogP contribution < -0.4 is 41.4 Å². The molecule has 0 bridgehead atoms. The van der Waals surface area contributed by atoms with Gasteiger partial charge in [0.25, 0.3) is 17.7 Å². The third-order valence-corrected chi connectivity index (χ3v) is 20.9. The standard InChI is InChI=1S/C29H31Cl2N3O4.C28H29Cl2N3O4.C17H15Cl2NO4.C12H18N2O/c1-37-29(36)25(34-28(35)27-23(30)9-5-10-24(27)31)18-19-12-14-22(15-13-19)38-17-16-21-8-4-11-26(33-21)32-20-6-2-3-7-20;29-22-8-4-9-23(30)26(22)27(34)33-24(28(35)36)17-18-11-13-21(14-12-18)37-16-15-20-7-3-10-25(32-20)31-19-5-1-2-6-19;1-24-17(23)14(9-10-5-7-11(21)8-6-10)20-16(22)15-12(18)3-2-4-13(15)19;15-9-8-11-6-3-7-12(14-11)13-10-4-1-2-5-10/h4-5,8-15,20,25H,2-3,6-7,16-18H2,1H3,(H,32,33)(H,34,35);3-4,7-14,19,24H,1-2,5-6,15-17H2,(H,31,32)(H,33,34)(H,35,36);2-8,14,21H,9H2,1H3,(H,20,22);3,6-7,10,15H,1-2,4-5,8-9H2,(H,13,14)/t25-;24-;14-;/m000./s1. The van der Waals surface area contributed by atoms with Gasteiger partial charge in [0.05, 0.1) is 74.3 Å². The molecule has 9 N–H and O–H groups in total. The Bertz CT molecular complexity index is 4570. The average Bonchev–Trinajstić information content (AvgIpc) is 0.950. The van der Waals surface area contributed by atoms with Crippen molar-refractivity contribution in [2.24, 2.45) is 0 Å². The molecule has 3 aromatic heterocycles. The van der Waals surface area contributed by atoms with Crippen LogP contribution in [-0.4, -0.2) is 136 Å². The summed E-state index contributed by atoms with van der Waals surface area (Å²) < 4.78 is 21.4. The monoisotopic (exact) mass is 1670 g/mol. The summed E-state index contributed by atoms with van der Waals surface area (Å²) >= 11 is 36.4. The van der Waals surface area contributed by atoms with Crippen LogP contribution in [-0.2, 0) is 62.4 Å². The number of aliphatic carboxylic acids is 1. The molecule has 0 saturated heterocycles. The van der Waals surface area contributed by atoms with Gasteiger partial charge in [-0.15, -0.1) is 0 Å². The molecule has 602 valence electrons. The summed E-state index contributed by atoms with van der Waals surface area (Å²) in [4.78, 5) is 87.8. The first kappa shape index (κ1) is 88.0. The fraction of sp³-hybridized carbons (Fsp3) is 0.337. The zero-order valence-corrected chi connectivity index (χ0v) is 67.7. The summed E-state index contributed by atoms with van der Waals surface area (Å²) in [6.45, 7) is 1.12. The summed E-state index contributed by atoms with van der Waals surface area (Å²) in [7, 11) is 2.51. The number of benzene rings is 6. The van der Waals surface area contributed by atoms with Gasteiger partial charge in [0, 0.05) is 80.3 Å². The molecule has 0 radical (unpaired) electrons. The predicted molar refractivity (Wildman–Crippen MR) is 446 cm³/mol. The van der Waals surface area contributed by atoms with E-state index in [9.17, 15) is 39.0 Å². The van der Waals surface area contributed by atoms with Crippen molar-refractivity contribution < 1.29 is 63.0 Å². The Hall–Kier alpha value is -9.91. The van der Waals surface area contributed by atoms with E-state index in [0.29, 0.717) is 62.1 Å². The Balaban J connectivity index is 0.000000183. The Morgan fingerprint density at radius 1 is 0.395 bits per heavy atom. The number of aliphatic hydroxyl groups is 1. The van der Waals surface area contributed by atoms with E-state index < -0.39 is 53.8 Å². The van der Waals surface area contributed by atoms with Crippen LogP contribution in [0.2, 0.25) is 30.1 Å². The summed E-state index contributed by atoms with van der Waals surface area (Å²) in [5.74, 6) is 0.179. The average molecular weight is 1670 g/mol. The molecule has 114 heavy (non-hydrogen) atoms. The minimum Gasteiger partial charge on any atom is -0.508 e. The van der Waals surface area contributed by atoms with E-state index in [2.05, 4.69) is 41.9 Å². The van der Waals surface area contributed by atoms with Gasteiger partial charge in [0.15, 0.2) is 0 Å². The molecule has 6 aromatic carbocycles. The van der Waals surface area contributed by atoms with E-state index >= 15 is 0 Å². The van der Waals surface area contributed by atoms with Crippen molar-refractivity contribution in [1.82, 2.24) is 30.9 Å². The highest BCUT2D eigenvalue weighted by atomic mass is 35.5. The van der Waals surface area contributed by atoms with Crippen molar-refractivity contribution in [3.63, 3.8) is 0 Å². The number of carboxylic acid groups (broad SMARTS) is 1. The molecule has 0 aliphatic heterocycles. The third kappa shape index (κ3) is 28.3. The van der Waals surface area contributed by atoms with Crippen molar-refractivity contribution in [2.75, 3.05) is 50.0 Å². The maximum absolute atomic E-state index is 12.8. The molecule has 3 fully saturated rings. The number of amides is 3. The number of methoxy groups -OCH3 is 2. The van der Waals surface area contributed by atoms with Crippen LogP contribution in [0.25, 0.3) is 0 Å². The van der Waals surface area contributed by atoms with Gasteiger partial charge < -0.3 is 66.2 Å². The first-order valence-corrected chi connectivity index (χ1v) is 40.0. The molecule has 12 rings (SSSR count). The number of aromatic hydroxyl groups is 1. The minimum atomic E-state index is -1.16. The van der Waals surface area contributed by atoms with Crippen LogP contribution in [0.1, 0.15) is 142 Å². The number of rotatable bonds is 31. The van der Waals surface area contributed by atoms with Crippen LogP contribution in [0.4, 0.5) is 17.5 Å². The first-order valence-electron chi connectivity index (χ1n) is 37.7. The summed E-state index contributed by atoms with van der Waals surface area (Å²) in [6, 6.07) is 51.6. The molecule has 28 heteroatoms. The quantitative estimate of drug-likeness (QED) is 0.0182. The number of pyridine rings is 3. The van der Waals surface area contributed by atoms with Crippen LogP contribution in [0.15, 0.2) is 182 Å². The lowest BCUT2D eigenvalue weighted by molar-refractivity contribution is -0.143. The topological polar surface area (TPSA) is 311 Å². The van der Waals surface area contributed by atoms with Crippen molar-refractivity contribution in [1.29, 1.82) is 0 Å². The van der Waals surface area contributed by atoms with Gasteiger partial charge in [-0.05, 0) is 164 Å². The van der Waals surface area contributed by atoms with Gasteiger partial charge in [-0.25, -0.2) is 29.3 Å². The van der Waals surface area contributed by atoms with Gasteiger partial charge in [-0.1, -0.05) is 181 Å². The number of phenols is 1. The van der Waals surface area contributed by atoms with Gasteiger partial charge in [0.2, 0.25) is 0 Å². The molecule has 3 heterocycles. The highest BCUT2D eigenvalue weighted by Crippen LogP contribution is 2.30. The smallest absolute Gasteiger partial charge is 0.328 e. The van der Waals surface area contributed by atoms with E-state index in [1.165, 1.54) is 128 Å². The van der Waals surface area contributed by atoms with Gasteiger partial charge in [0.1, 0.15) is 52.8 Å². The SMILES string of the molecule is COC(=O)[C@H](Cc1ccc(O)cc1)NC(=O)c1c(Cl)cccc1Cl.COC(=O)[C@H](Cc1ccc(OCCc2cccc(NC3CCCC3)n2)cc1)NC(=O)c1c(Cl)cccc1Cl.O=C(N[C@@H](Cc1ccc(OCCc2cccc(NC3CCCC3)n2)cc1)C(=O)O)c1c(Cl)cccc1Cl.OCCc1cccc(NC2CCCC2)n1. The second-order valence-corrected chi connectivity index (χ2v) is 29.9. The Labute approximate surface area is 693 Å². The summed E-state index contributed by atoms with van der Waals surface area (Å²) in [5.41, 5.74) is 5.45. The summed E-state index contributed by atoms with van der Waals surface area (Å²) in [5, 5.41) is 47.1. The molecule has 3 aliphatic rings. The van der Waals surface area contributed by atoms with E-state index in [1.54, 1.807) is 66.7 Å². The molecular formula is C86H93Cl6N9O13. The summed E-state index contributed by atoms with van der Waals surface area (Å²) in [6.07, 6.45) is 17.6. The number of hydrogen-bond acceptors (Lipinski definition) is 18. The minimum absolute atomic E-state index is 0.0511. The number of phenolic OH excluding ortho intramolecular Hbond substituents is 1. The third-order valence-electron chi connectivity index (χ3n) is 19.0. The number of esters is 2. The molecule has 3 amide bonds. The van der Waals surface area contributed by atoms with Crippen LogP contribution in [0.3, 0.4) is 0 Å².